The molecule has 1 aromatic rings. The van der Waals surface area contributed by atoms with Gasteiger partial charge >= 0.3 is 0 Å². The number of rotatable bonds is 4. The summed E-state index contributed by atoms with van der Waals surface area (Å²) in [5.41, 5.74) is 1.01. The van der Waals surface area contributed by atoms with Crippen molar-refractivity contribution in [1.29, 1.82) is 0 Å². The predicted octanol–water partition coefficient (Wildman–Crippen LogP) is 2.61. The summed E-state index contributed by atoms with van der Waals surface area (Å²) in [4.78, 5) is 22.1. The summed E-state index contributed by atoms with van der Waals surface area (Å²) in [7, 11) is 0. The first-order valence-electron chi connectivity index (χ1n) is 5.03. The Labute approximate surface area is 103 Å². The Morgan fingerprint density at radius 3 is 2.38 bits per heavy atom. The van der Waals surface area contributed by atoms with Gasteiger partial charge in [-0.15, -0.1) is 0 Å². The summed E-state index contributed by atoms with van der Waals surface area (Å²) in [5.74, 6) is -0.358. The molecule has 0 aromatic heterocycles. The first-order valence-corrected chi connectivity index (χ1v) is 5.82. The number of carbonyl (C=O) groups excluding carboxylic acids is 2. The van der Waals surface area contributed by atoms with Crippen molar-refractivity contribution in [2.75, 3.05) is 0 Å². The fourth-order valence-electron chi connectivity index (χ4n) is 1.35. The Kier molecular flexibility index (Phi) is 4.68. The van der Waals surface area contributed by atoms with Crippen molar-refractivity contribution in [2.45, 2.75) is 26.3 Å². The summed E-state index contributed by atoms with van der Waals surface area (Å²) in [6.07, 6.45) is -0.0547. The molecule has 0 saturated heterocycles. The zero-order valence-electron chi connectivity index (χ0n) is 9.29. The lowest BCUT2D eigenvalue weighted by Crippen LogP contribution is -2.27. The standard InChI is InChI=1S/C12H14BrNO2/c1-8(15)7-12(16)14-9(2)10-3-5-11(13)6-4-10/h3-6,9H,7H2,1-2H3,(H,14,16)/t9-/m1/s1. The maximum Gasteiger partial charge on any atom is 0.227 e. The molecule has 16 heavy (non-hydrogen) atoms. The van der Waals surface area contributed by atoms with Crippen LogP contribution in [0, 0.1) is 0 Å². The molecule has 86 valence electrons. The minimum absolute atomic E-state index is 0.0547. The second kappa shape index (κ2) is 5.80. The Balaban J connectivity index is 2.58. The number of hydrogen-bond donors (Lipinski definition) is 1. The molecule has 1 atom stereocenters. The molecule has 0 spiro atoms. The van der Waals surface area contributed by atoms with Crippen molar-refractivity contribution in [2.24, 2.45) is 0 Å². The van der Waals surface area contributed by atoms with E-state index in [2.05, 4.69) is 21.2 Å². The number of carbonyl (C=O) groups is 2. The fraction of sp³-hybridized carbons (Fsp3) is 0.333. The highest BCUT2D eigenvalue weighted by Gasteiger charge is 2.10. The minimum atomic E-state index is -0.233. The molecular formula is C12H14BrNO2. The van der Waals surface area contributed by atoms with E-state index < -0.39 is 0 Å². The normalized spacial score (nSPS) is 11.9. The van der Waals surface area contributed by atoms with Crippen molar-refractivity contribution in [1.82, 2.24) is 5.32 Å². The molecule has 0 bridgehead atoms. The van der Waals surface area contributed by atoms with Gasteiger partial charge in [0.25, 0.3) is 0 Å². The number of ketones is 1. The fourth-order valence-corrected chi connectivity index (χ4v) is 1.62. The maximum atomic E-state index is 11.4. The van der Waals surface area contributed by atoms with E-state index in [-0.39, 0.29) is 24.2 Å². The van der Waals surface area contributed by atoms with Crippen LogP contribution in [-0.4, -0.2) is 11.7 Å². The van der Waals surface area contributed by atoms with Gasteiger partial charge in [0.05, 0.1) is 12.5 Å². The number of halogens is 1. The summed E-state index contributed by atoms with van der Waals surface area (Å²) in [5, 5.41) is 2.77. The van der Waals surface area contributed by atoms with Crippen LogP contribution in [-0.2, 0) is 9.59 Å². The Bertz CT molecular complexity index is 387. The minimum Gasteiger partial charge on any atom is -0.349 e. The van der Waals surface area contributed by atoms with Crippen molar-refractivity contribution in [3.8, 4) is 0 Å². The van der Waals surface area contributed by atoms with E-state index in [1.807, 2.05) is 31.2 Å². The lowest BCUT2D eigenvalue weighted by atomic mass is 10.1. The van der Waals surface area contributed by atoms with Crippen LogP contribution in [0.25, 0.3) is 0 Å². The first kappa shape index (κ1) is 12.9. The number of Topliss-reactive ketones (excluding diaryl/α,β-unsaturated/α-hetero) is 1. The lowest BCUT2D eigenvalue weighted by Gasteiger charge is -2.13. The largest absolute Gasteiger partial charge is 0.349 e. The highest BCUT2D eigenvalue weighted by molar-refractivity contribution is 9.10. The van der Waals surface area contributed by atoms with E-state index >= 15 is 0 Å². The zero-order valence-corrected chi connectivity index (χ0v) is 10.9. The van der Waals surface area contributed by atoms with Gasteiger partial charge in [-0.05, 0) is 31.5 Å². The molecule has 0 fully saturated rings. The molecule has 4 heteroatoms. The topological polar surface area (TPSA) is 46.2 Å². The zero-order chi connectivity index (χ0) is 12.1. The quantitative estimate of drug-likeness (QED) is 0.864. The number of benzene rings is 1. The summed E-state index contributed by atoms with van der Waals surface area (Å²) >= 11 is 3.35. The van der Waals surface area contributed by atoms with Crippen LogP contribution in [0.1, 0.15) is 31.9 Å². The van der Waals surface area contributed by atoms with E-state index in [9.17, 15) is 9.59 Å². The van der Waals surface area contributed by atoms with Crippen molar-refractivity contribution in [3.05, 3.63) is 34.3 Å². The molecule has 0 saturated carbocycles. The van der Waals surface area contributed by atoms with Gasteiger partial charge in [0.2, 0.25) is 5.91 Å². The van der Waals surface area contributed by atoms with E-state index in [0.29, 0.717) is 0 Å². The maximum absolute atomic E-state index is 11.4. The molecule has 0 unspecified atom stereocenters. The molecule has 1 N–H and O–H groups in total. The summed E-state index contributed by atoms with van der Waals surface area (Å²) in [6.45, 7) is 3.30. The molecule has 0 radical (unpaired) electrons. The van der Waals surface area contributed by atoms with Crippen LogP contribution in [0.5, 0.6) is 0 Å². The summed E-state index contributed by atoms with van der Waals surface area (Å²) < 4.78 is 0.999. The third-order valence-corrected chi connectivity index (χ3v) is 2.69. The van der Waals surface area contributed by atoms with Crippen molar-refractivity contribution >= 4 is 27.6 Å². The molecule has 0 heterocycles. The van der Waals surface area contributed by atoms with Crippen LogP contribution in [0.4, 0.5) is 0 Å². The Hall–Kier alpha value is -1.16. The third kappa shape index (κ3) is 4.14. The third-order valence-electron chi connectivity index (χ3n) is 2.16. The summed E-state index contributed by atoms with van der Waals surface area (Å²) in [6, 6.07) is 7.62. The van der Waals surface area contributed by atoms with E-state index in [1.165, 1.54) is 6.92 Å². The highest BCUT2D eigenvalue weighted by atomic mass is 79.9. The van der Waals surface area contributed by atoms with Gasteiger partial charge in [-0.2, -0.15) is 0 Å². The average Bonchev–Trinajstić information content (AvgIpc) is 2.16. The molecule has 0 aliphatic heterocycles. The van der Waals surface area contributed by atoms with Crippen molar-refractivity contribution in [3.63, 3.8) is 0 Å². The SMILES string of the molecule is CC(=O)CC(=O)N[C@H](C)c1ccc(Br)cc1. The average molecular weight is 284 g/mol. The molecule has 1 aromatic carbocycles. The van der Waals surface area contributed by atoms with Gasteiger partial charge in [-0.3, -0.25) is 9.59 Å². The van der Waals surface area contributed by atoms with Crippen LogP contribution < -0.4 is 5.32 Å². The van der Waals surface area contributed by atoms with Crippen LogP contribution in [0.3, 0.4) is 0 Å². The highest BCUT2D eigenvalue weighted by Crippen LogP contribution is 2.16. The van der Waals surface area contributed by atoms with Gasteiger partial charge in [0, 0.05) is 4.47 Å². The monoisotopic (exact) mass is 283 g/mol. The van der Waals surface area contributed by atoms with Crippen molar-refractivity contribution < 1.29 is 9.59 Å². The van der Waals surface area contributed by atoms with Gasteiger partial charge in [0.1, 0.15) is 5.78 Å². The molecule has 1 amide bonds. The van der Waals surface area contributed by atoms with E-state index in [1.54, 1.807) is 0 Å². The van der Waals surface area contributed by atoms with Gasteiger partial charge in [-0.25, -0.2) is 0 Å². The van der Waals surface area contributed by atoms with E-state index in [0.717, 1.165) is 10.0 Å². The second-order valence-electron chi connectivity index (χ2n) is 3.72. The number of nitrogens with one attached hydrogen (secondary N) is 1. The van der Waals surface area contributed by atoms with E-state index in [4.69, 9.17) is 0 Å². The molecule has 0 aliphatic rings. The molecule has 1 rings (SSSR count). The first-order chi connectivity index (χ1) is 7.49. The second-order valence-corrected chi connectivity index (χ2v) is 4.64. The van der Waals surface area contributed by atoms with Crippen LogP contribution in [0.2, 0.25) is 0 Å². The van der Waals surface area contributed by atoms with Crippen LogP contribution >= 0.6 is 15.9 Å². The predicted molar refractivity (Wildman–Crippen MR) is 66.0 cm³/mol. The number of hydrogen-bond acceptors (Lipinski definition) is 2. The van der Waals surface area contributed by atoms with Gasteiger partial charge < -0.3 is 5.32 Å². The molecule has 3 nitrogen and oxygen atoms in total. The lowest BCUT2D eigenvalue weighted by molar-refractivity contribution is -0.127. The Morgan fingerprint density at radius 2 is 1.88 bits per heavy atom. The smallest absolute Gasteiger partial charge is 0.227 e. The van der Waals surface area contributed by atoms with Crippen LogP contribution in [0.15, 0.2) is 28.7 Å². The molecular weight excluding hydrogens is 270 g/mol. The Morgan fingerprint density at radius 1 is 1.31 bits per heavy atom. The van der Waals surface area contributed by atoms with Gasteiger partial charge in [-0.1, -0.05) is 28.1 Å². The molecule has 0 aliphatic carbocycles. The number of amides is 1. The van der Waals surface area contributed by atoms with Gasteiger partial charge in [0.15, 0.2) is 0 Å².